The van der Waals surface area contributed by atoms with Crippen molar-refractivity contribution in [1.82, 2.24) is 25.0 Å². The van der Waals surface area contributed by atoms with Crippen molar-refractivity contribution >= 4 is 23.2 Å². The third kappa shape index (κ3) is 4.70. The number of benzene rings is 1. The zero-order valence-corrected chi connectivity index (χ0v) is 17.5. The smallest absolute Gasteiger partial charge is 0.224 e. The SMILES string of the molecule is COC1CCC[C@@H](Nc2ncc(C(C)=O)c(Nc3cccc(-n4nccn4)c3)n2)[C@H]1N. The fourth-order valence-corrected chi connectivity index (χ4v) is 3.79. The van der Waals surface area contributed by atoms with Gasteiger partial charge in [-0.3, -0.25) is 4.79 Å². The molecule has 1 fully saturated rings. The lowest BCUT2D eigenvalue weighted by Crippen LogP contribution is -2.52. The molecule has 1 aliphatic rings. The van der Waals surface area contributed by atoms with Gasteiger partial charge in [0.05, 0.1) is 35.8 Å². The summed E-state index contributed by atoms with van der Waals surface area (Å²) in [5.74, 6) is 0.700. The van der Waals surface area contributed by atoms with E-state index in [9.17, 15) is 4.79 Å². The molecule has 0 bridgehead atoms. The first kappa shape index (κ1) is 20.9. The second-order valence-corrected chi connectivity index (χ2v) is 7.54. The lowest BCUT2D eigenvalue weighted by molar-refractivity contribution is 0.0498. The number of ether oxygens (including phenoxy) is 1. The summed E-state index contributed by atoms with van der Waals surface area (Å²) in [5, 5.41) is 14.8. The minimum atomic E-state index is -0.163. The van der Waals surface area contributed by atoms with Crippen LogP contribution in [0.2, 0.25) is 0 Å². The van der Waals surface area contributed by atoms with Crippen LogP contribution < -0.4 is 16.4 Å². The Morgan fingerprint density at radius 1 is 1.26 bits per heavy atom. The molecule has 10 nitrogen and oxygen atoms in total. The Morgan fingerprint density at radius 3 is 2.81 bits per heavy atom. The summed E-state index contributed by atoms with van der Waals surface area (Å²) in [5.41, 5.74) is 8.29. The number of rotatable bonds is 7. The van der Waals surface area contributed by atoms with Crippen molar-refractivity contribution in [1.29, 1.82) is 0 Å². The van der Waals surface area contributed by atoms with E-state index in [1.54, 1.807) is 19.5 Å². The fourth-order valence-electron chi connectivity index (χ4n) is 3.79. The Morgan fingerprint density at radius 2 is 2.06 bits per heavy atom. The molecule has 1 aromatic carbocycles. The van der Waals surface area contributed by atoms with Gasteiger partial charge < -0.3 is 21.1 Å². The molecule has 0 spiro atoms. The molecule has 0 aliphatic heterocycles. The van der Waals surface area contributed by atoms with E-state index in [1.165, 1.54) is 17.9 Å². The maximum Gasteiger partial charge on any atom is 0.224 e. The van der Waals surface area contributed by atoms with Gasteiger partial charge in [-0.15, -0.1) is 0 Å². The zero-order chi connectivity index (χ0) is 21.8. The molecule has 10 heteroatoms. The molecular weight excluding hydrogens is 396 g/mol. The van der Waals surface area contributed by atoms with Crippen LogP contribution in [-0.2, 0) is 4.74 Å². The first-order chi connectivity index (χ1) is 15.0. The van der Waals surface area contributed by atoms with E-state index in [0.29, 0.717) is 17.3 Å². The second-order valence-electron chi connectivity index (χ2n) is 7.54. The predicted molar refractivity (Wildman–Crippen MR) is 117 cm³/mol. The van der Waals surface area contributed by atoms with Gasteiger partial charge in [0, 0.05) is 25.0 Å². The van der Waals surface area contributed by atoms with Crippen molar-refractivity contribution in [2.75, 3.05) is 17.7 Å². The summed E-state index contributed by atoms with van der Waals surface area (Å²) in [4.78, 5) is 22.6. The van der Waals surface area contributed by atoms with E-state index in [0.717, 1.165) is 30.6 Å². The van der Waals surface area contributed by atoms with Crippen LogP contribution in [-0.4, -0.2) is 56.0 Å². The third-order valence-electron chi connectivity index (χ3n) is 5.44. The summed E-state index contributed by atoms with van der Waals surface area (Å²) >= 11 is 0. The number of carbonyl (C=O) groups is 1. The number of hydrogen-bond acceptors (Lipinski definition) is 9. The second kappa shape index (κ2) is 9.19. The number of nitrogens with two attached hydrogens (primary N) is 1. The van der Waals surface area contributed by atoms with Crippen molar-refractivity contribution in [2.45, 2.75) is 44.4 Å². The first-order valence-electron chi connectivity index (χ1n) is 10.2. The van der Waals surface area contributed by atoms with Crippen LogP contribution in [0.3, 0.4) is 0 Å². The monoisotopic (exact) mass is 422 g/mol. The standard InChI is InChI=1S/C21H26N8O2/c1-13(30)16-12-23-21(27-17-7-4-8-18(31-2)19(17)22)28-20(16)26-14-5-3-6-15(11-14)29-24-9-10-25-29/h3,5-6,9-12,17-19H,4,7-8,22H2,1-2H3,(H2,23,26,27,28)/t17-,18?,19-/m1/s1. The van der Waals surface area contributed by atoms with Crippen LogP contribution in [0.5, 0.6) is 0 Å². The molecule has 1 aliphatic carbocycles. The summed E-state index contributed by atoms with van der Waals surface area (Å²) in [7, 11) is 1.68. The van der Waals surface area contributed by atoms with Crippen molar-refractivity contribution in [2.24, 2.45) is 5.73 Å². The molecule has 4 N–H and O–H groups in total. The van der Waals surface area contributed by atoms with E-state index in [1.807, 2.05) is 24.3 Å². The number of nitrogens with zero attached hydrogens (tertiary/aromatic N) is 5. The number of nitrogens with one attached hydrogen (secondary N) is 2. The van der Waals surface area contributed by atoms with Crippen molar-refractivity contribution < 1.29 is 9.53 Å². The predicted octanol–water partition coefficient (Wildman–Crippen LogP) is 2.31. The van der Waals surface area contributed by atoms with E-state index in [2.05, 4.69) is 30.8 Å². The highest BCUT2D eigenvalue weighted by Crippen LogP contribution is 2.25. The van der Waals surface area contributed by atoms with E-state index >= 15 is 0 Å². The minimum Gasteiger partial charge on any atom is -0.380 e. The van der Waals surface area contributed by atoms with Crippen molar-refractivity contribution in [3.05, 3.63) is 48.4 Å². The molecule has 1 unspecified atom stereocenters. The lowest BCUT2D eigenvalue weighted by atomic mass is 9.88. The molecule has 3 atom stereocenters. The highest BCUT2D eigenvalue weighted by atomic mass is 16.5. The van der Waals surface area contributed by atoms with Crippen LogP contribution in [0.15, 0.2) is 42.9 Å². The molecule has 4 rings (SSSR count). The van der Waals surface area contributed by atoms with Gasteiger partial charge >= 0.3 is 0 Å². The lowest BCUT2D eigenvalue weighted by Gasteiger charge is -2.35. The maximum atomic E-state index is 12.1. The number of Topliss-reactive ketones (excluding diaryl/α,β-unsaturated/α-hetero) is 1. The first-order valence-corrected chi connectivity index (χ1v) is 10.2. The molecule has 162 valence electrons. The van der Waals surface area contributed by atoms with Crippen molar-refractivity contribution in [3.63, 3.8) is 0 Å². The van der Waals surface area contributed by atoms with Gasteiger partial charge in [0.1, 0.15) is 5.82 Å². The summed E-state index contributed by atoms with van der Waals surface area (Å²) in [6, 6.07) is 7.35. The third-order valence-corrected chi connectivity index (χ3v) is 5.44. The van der Waals surface area contributed by atoms with Crippen LogP contribution in [0, 0.1) is 0 Å². The number of anilines is 3. The van der Waals surface area contributed by atoms with Gasteiger partial charge in [0.2, 0.25) is 5.95 Å². The topological polar surface area (TPSA) is 133 Å². The van der Waals surface area contributed by atoms with Crippen LogP contribution >= 0.6 is 0 Å². The molecule has 3 aromatic rings. The summed E-state index contributed by atoms with van der Waals surface area (Å²) < 4.78 is 5.49. The molecule has 2 heterocycles. The van der Waals surface area contributed by atoms with Gasteiger partial charge in [0.15, 0.2) is 5.78 Å². The van der Waals surface area contributed by atoms with Gasteiger partial charge in [-0.1, -0.05) is 6.07 Å². The normalized spacial score (nSPS) is 20.9. The average molecular weight is 422 g/mol. The highest BCUT2D eigenvalue weighted by Gasteiger charge is 2.31. The van der Waals surface area contributed by atoms with Crippen LogP contribution in [0.4, 0.5) is 17.5 Å². The number of carbonyl (C=O) groups excluding carboxylic acids is 1. The Balaban J connectivity index is 1.58. The van der Waals surface area contributed by atoms with Crippen molar-refractivity contribution in [3.8, 4) is 5.69 Å². The summed E-state index contributed by atoms with van der Waals surface area (Å²) in [6.45, 7) is 1.49. The zero-order valence-electron chi connectivity index (χ0n) is 17.5. The Bertz CT molecular complexity index is 1040. The number of aromatic nitrogens is 5. The van der Waals surface area contributed by atoms with Gasteiger partial charge in [0.25, 0.3) is 0 Å². The Labute approximate surface area is 180 Å². The molecular formula is C21H26N8O2. The number of methoxy groups -OCH3 is 1. The quantitative estimate of drug-likeness (QED) is 0.490. The molecule has 31 heavy (non-hydrogen) atoms. The Hall–Kier alpha value is -3.37. The van der Waals surface area contributed by atoms with E-state index in [4.69, 9.17) is 10.5 Å². The largest absolute Gasteiger partial charge is 0.380 e. The van der Waals surface area contributed by atoms with Gasteiger partial charge in [-0.05, 0) is 44.4 Å². The van der Waals surface area contributed by atoms with Gasteiger partial charge in [-0.2, -0.15) is 20.0 Å². The van der Waals surface area contributed by atoms with Crippen LogP contribution in [0.25, 0.3) is 5.69 Å². The van der Waals surface area contributed by atoms with E-state index in [-0.39, 0.29) is 24.0 Å². The molecule has 0 radical (unpaired) electrons. The van der Waals surface area contributed by atoms with E-state index < -0.39 is 0 Å². The summed E-state index contributed by atoms with van der Waals surface area (Å²) in [6.07, 6.45) is 7.60. The highest BCUT2D eigenvalue weighted by molar-refractivity contribution is 5.99. The molecule has 2 aromatic heterocycles. The minimum absolute atomic E-state index is 0.000941. The molecule has 0 amide bonds. The molecule has 0 saturated heterocycles. The fraction of sp³-hybridized carbons (Fsp3) is 0.381. The van der Waals surface area contributed by atoms with Crippen LogP contribution in [0.1, 0.15) is 36.5 Å². The Kier molecular flexibility index (Phi) is 6.19. The molecule has 1 saturated carbocycles. The van der Waals surface area contributed by atoms with Gasteiger partial charge in [-0.25, -0.2) is 4.98 Å². The average Bonchev–Trinajstić information content (AvgIpc) is 3.30. The maximum absolute atomic E-state index is 12.1. The number of hydrogen-bond donors (Lipinski definition) is 3. The number of ketones is 1.